The number of allylic oxidation sites excluding steroid dienone is 2. The Morgan fingerprint density at radius 2 is 2.00 bits per heavy atom. The standard InChI is InChI=1S/C7H11ClO/c1-5(2)6(3)4-7(8)9/h4-5H,1-3H3/b6-4+. The van der Waals surface area contributed by atoms with Crippen LogP contribution in [0.25, 0.3) is 0 Å². The first-order valence-corrected chi connectivity index (χ1v) is 3.29. The van der Waals surface area contributed by atoms with Crippen LogP contribution < -0.4 is 0 Å². The van der Waals surface area contributed by atoms with Gasteiger partial charge in [0, 0.05) is 0 Å². The molecular weight excluding hydrogens is 136 g/mol. The Morgan fingerprint density at radius 3 is 2.11 bits per heavy atom. The van der Waals surface area contributed by atoms with Crippen LogP contribution in [0.5, 0.6) is 0 Å². The van der Waals surface area contributed by atoms with Gasteiger partial charge in [-0.2, -0.15) is 0 Å². The van der Waals surface area contributed by atoms with Crippen LogP contribution in [0.15, 0.2) is 11.6 Å². The predicted molar refractivity (Wildman–Crippen MR) is 39.5 cm³/mol. The molecule has 52 valence electrons. The van der Waals surface area contributed by atoms with Gasteiger partial charge in [-0.3, -0.25) is 4.79 Å². The Morgan fingerprint density at radius 1 is 1.56 bits per heavy atom. The quantitative estimate of drug-likeness (QED) is 0.432. The lowest BCUT2D eigenvalue weighted by atomic mass is 10.1. The van der Waals surface area contributed by atoms with E-state index in [-0.39, 0.29) is 5.24 Å². The fraction of sp³-hybridized carbons (Fsp3) is 0.571. The van der Waals surface area contributed by atoms with E-state index in [2.05, 4.69) is 0 Å². The summed E-state index contributed by atoms with van der Waals surface area (Å²) in [5, 5.41) is -0.388. The summed E-state index contributed by atoms with van der Waals surface area (Å²) in [6, 6.07) is 0. The van der Waals surface area contributed by atoms with E-state index in [4.69, 9.17) is 11.6 Å². The smallest absolute Gasteiger partial charge is 0.245 e. The summed E-state index contributed by atoms with van der Waals surface area (Å²) in [4.78, 5) is 10.2. The van der Waals surface area contributed by atoms with Crippen LogP contribution in [0.4, 0.5) is 0 Å². The van der Waals surface area contributed by atoms with Crippen LogP contribution in [-0.4, -0.2) is 5.24 Å². The monoisotopic (exact) mass is 146 g/mol. The first-order valence-electron chi connectivity index (χ1n) is 2.91. The van der Waals surface area contributed by atoms with Crippen molar-refractivity contribution in [3.8, 4) is 0 Å². The zero-order valence-corrected chi connectivity index (χ0v) is 6.70. The summed E-state index contributed by atoms with van der Waals surface area (Å²) < 4.78 is 0. The number of carbonyl (C=O) groups excluding carboxylic acids is 1. The van der Waals surface area contributed by atoms with E-state index in [9.17, 15) is 4.79 Å². The van der Waals surface area contributed by atoms with Crippen LogP contribution in [0.2, 0.25) is 0 Å². The van der Waals surface area contributed by atoms with Crippen molar-refractivity contribution in [1.82, 2.24) is 0 Å². The second-order valence-corrected chi connectivity index (χ2v) is 2.72. The zero-order valence-electron chi connectivity index (χ0n) is 5.94. The van der Waals surface area contributed by atoms with Gasteiger partial charge < -0.3 is 0 Å². The summed E-state index contributed by atoms with van der Waals surface area (Å²) in [7, 11) is 0. The minimum absolute atomic E-state index is 0.388. The van der Waals surface area contributed by atoms with Crippen LogP contribution in [0.1, 0.15) is 20.8 Å². The first-order chi connectivity index (χ1) is 4.04. The first kappa shape index (κ1) is 8.70. The summed E-state index contributed by atoms with van der Waals surface area (Å²) in [5.41, 5.74) is 1.02. The van der Waals surface area contributed by atoms with Crippen molar-refractivity contribution in [1.29, 1.82) is 0 Å². The number of hydrogen-bond acceptors (Lipinski definition) is 1. The van der Waals surface area contributed by atoms with E-state index >= 15 is 0 Å². The van der Waals surface area contributed by atoms with Crippen LogP contribution >= 0.6 is 11.6 Å². The fourth-order valence-electron chi connectivity index (χ4n) is 0.346. The third kappa shape index (κ3) is 4.22. The van der Waals surface area contributed by atoms with E-state index < -0.39 is 0 Å². The van der Waals surface area contributed by atoms with Crippen molar-refractivity contribution < 1.29 is 4.79 Å². The van der Waals surface area contributed by atoms with Crippen LogP contribution in [0, 0.1) is 5.92 Å². The molecule has 0 unspecified atom stereocenters. The summed E-state index contributed by atoms with van der Waals surface area (Å²) in [6.07, 6.45) is 1.45. The molecule has 0 aromatic carbocycles. The van der Waals surface area contributed by atoms with E-state index in [0.29, 0.717) is 5.92 Å². The molecule has 0 spiro atoms. The molecule has 0 aliphatic heterocycles. The molecule has 0 aliphatic carbocycles. The van der Waals surface area contributed by atoms with Crippen LogP contribution in [-0.2, 0) is 4.79 Å². The molecule has 0 N–H and O–H groups in total. The van der Waals surface area contributed by atoms with Crippen molar-refractivity contribution in [3.05, 3.63) is 11.6 Å². The molecule has 0 amide bonds. The van der Waals surface area contributed by atoms with Crippen molar-refractivity contribution in [3.63, 3.8) is 0 Å². The molecule has 9 heavy (non-hydrogen) atoms. The molecule has 2 heteroatoms. The van der Waals surface area contributed by atoms with Crippen molar-refractivity contribution in [2.75, 3.05) is 0 Å². The van der Waals surface area contributed by atoms with Gasteiger partial charge in [0.25, 0.3) is 0 Å². The average Bonchev–Trinajstić information content (AvgIpc) is 1.63. The lowest BCUT2D eigenvalue weighted by Gasteiger charge is -2.00. The number of rotatable bonds is 2. The molecule has 0 heterocycles. The van der Waals surface area contributed by atoms with Crippen molar-refractivity contribution in [2.24, 2.45) is 5.92 Å². The fourth-order valence-corrected chi connectivity index (χ4v) is 0.518. The highest BCUT2D eigenvalue weighted by atomic mass is 35.5. The van der Waals surface area contributed by atoms with Crippen molar-refractivity contribution >= 4 is 16.8 Å². The Hall–Kier alpha value is -0.300. The molecule has 0 aromatic heterocycles. The van der Waals surface area contributed by atoms with E-state index in [1.165, 1.54) is 6.08 Å². The molecule has 0 fully saturated rings. The molecule has 0 rings (SSSR count). The molecule has 0 radical (unpaired) electrons. The Kier molecular flexibility index (Phi) is 3.55. The molecular formula is C7H11ClO. The maximum absolute atomic E-state index is 10.2. The van der Waals surface area contributed by atoms with Gasteiger partial charge in [0.1, 0.15) is 0 Å². The molecule has 0 atom stereocenters. The third-order valence-electron chi connectivity index (χ3n) is 1.25. The Balaban J connectivity index is 4.00. The topological polar surface area (TPSA) is 17.1 Å². The van der Waals surface area contributed by atoms with Gasteiger partial charge in [-0.25, -0.2) is 0 Å². The minimum Gasteiger partial charge on any atom is -0.276 e. The van der Waals surface area contributed by atoms with Crippen molar-refractivity contribution in [2.45, 2.75) is 20.8 Å². The van der Waals surface area contributed by atoms with Gasteiger partial charge >= 0.3 is 0 Å². The Bertz CT molecular complexity index is 136. The lowest BCUT2D eigenvalue weighted by molar-refractivity contribution is -0.107. The summed E-state index contributed by atoms with van der Waals surface area (Å²) >= 11 is 5.10. The molecule has 0 bridgehead atoms. The summed E-state index contributed by atoms with van der Waals surface area (Å²) in [5.74, 6) is 0.410. The highest BCUT2D eigenvalue weighted by molar-refractivity contribution is 6.66. The van der Waals surface area contributed by atoms with Gasteiger partial charge in [-0.15, -0.1) is 0 Å². The van der Waals surface area contributed by atoms with Gasteiger partial charge in [0.05, 0.1) is 0 Å². The van der Waals surface area contributed by atoms with E-state index in [1.54, 1.807) is 0 Å². The number of carbonyl (C=O) groups is 1. The predicted octanol–water partition coefficient (Wildman–Crippen LogP) is 2.35. The van der Waals surface area contributed by atoms with Gasteiger partial charge in [0.2, 0.25) is 5.24 Å². The molecule has 0 aromatic rings. The highest BCUT2D eigenvalue weighted by Gasteiger charge is 1.97. The van der Waals surface area contributed by atoms with E-state index in [1.807, 2.05) is 20.8 Å². The lowest BCUT2D eigenvalue weighted by Crippen LogP contribution is -1.90. The third-order valence-corrected chi connectivity index (χ3v) is 1.36. The number of hydrogen-bond donors (Lipinski definition) is 0. The highest BCUT2D eigenvalue weighted by Crippen LogP contribution is 2.07. The summed E-state index contributed by atoms with van der Waals surface area (Å²) in [6.45, 7) is 5.93. The minimum atomic E-state index is -0.388. The maximum Gasteiger partial charge on any atom is 0.245 e. The second-order valence-electron chi connectivity index (χ2n) is 2.35. The maximum atomic E-state index is 10.2. The Labute approximate surface area is 60.7 Å². The SMILES string of the molecule is C/C(=C\C(=O)Cl)C(C)C. The molecule has 0 aliphatic rings. The average molecular weight is 147 g/mol. The van der Waals surface area contributed by atoms with Gasteiger partial charge in [-0.1, -0.05) is 19.4 Å². The second kappa shape index (κ2) is 3.67. The van der Waals surface area contributed by atoms with E-state index in [0.717, 1.165) is 5.57 Å². The van der Waals surface area contributed by atoms with Gasteiger partial charge in [-0.05, 0) is 30.5 Å². The molecule has 0 saturated carbocycles. The largest absolute Gasteiger partial charge is 0.276 e. The zero-order chi connectivity index (χ0) is 7.44. The molecule has 0 saturated heterocycles. The van der Waals surface area contributed by atoms with Crippen LogP contribution in [0.3, 0.4) is 0 Å². The molecule has 1 nitrogen and oxygen atoms in total. The van der Waals surface area contributed by atoms with Gasteiger partial charge in [0.15, 0.2) is 0 Å². The number of halogens is 1. The normalized spacial score (nSPS) is 12.3.